The minimum absolute atomic E-state index is 0.119. The molecule has 0 saturated heterocycles. The number of hydrogen-bond donors (Lipinski definition) is 2. The van der Waals surface area contributed by atoms with Gasteiger partial charge in [-0.05, 0) is 37.5 Å². The van der Waals surface area contributed by atoms with E-state index in [9.17, 15) is 4.79 Å². The van der Waals surface area contributed by atoms with Crippen molar-refractivity contribution in [2.45, 2.75) is 24.9 Å². The number of carbonyl (C=O) groups excluding carboxylic acids is 1. The lowest BCUT2D eigenvalue weighted by molar-refractivity contribution is -0.0679. The Bertz CT molecular complexity index is 433. The molecule has 5 heteroatoms. The number of benzene rings is 1. The second kappa shape index (κ2) is 5.28. The number of amides is 1. The number of nitrogen functional groups attached to an aromatic ring is 1. The van der Waals surface area contributed by atoms with Crippen LogP contribution >= 0.6 is 15.9 Å². The van der Waals surface area contributed by atoms with E-state index in [0.29, 0.717) is 17.8 Å². The fraction of sp³-hybridized carbons (Fsp3) is 0.462. The number of ether oxygens (including phenoxy) is 1. The van der Waals surface area contributed by atoms with Crippen molar-refractivity contribution in [2.75, 3.05) is 19.4 Å². The number of nitrogens with one attached hydrogen (secondary N) is 1. The summed E-state index contributed by atoms with van der Waals surface area (Å²) < 4.78 is 6.26. The lowest BCUT2D eigenvalue weighted by atomic mass is 9.80. The first-order valence-electron chi connectivity index (χ1n) is 5.94. The van der Waals surface area contributed by atoms with Gasteiger partial charge in [0.05, 0.1) is 5.60 Å². The molecule has 1 aromatic rings. The van der Waals surface area contributed by atoms with E-state index in [1.807, 2.05) is 0 Å². The van der Waals surface area contributed by atoms with Crippen LogP contribution in [0.25, 0.3) is 0 Å². The maximum Gasteiger partial charge on any atom is 0.251 e. The summed E-state index contributed by atoms with van der Waals surface area (Å²) in [6, 6.07) is 5.19. The topological polar surface area (TPSA) is 64.3 Å². The molecule has 2 rings (SSSR count). The smallest absolute Gasteiger partial charge is 0.251 e. The zero-order chi connectivity index (χ0) is 13.2. The first-order chi connectivity index (χ1) is 8.54. The van der Waals surface area contributed by atoms with Gasteiger partial charge in [-0.25, -0.2) is 0 Å². The molecule has 98 valence electrons. The first kappa shape index (κ1) is 13.4. The summed E-state index contributed by atoms with van der Waals surface area (Å²) in [4.78, 5) is 12.0. The molecule has 1 aliphatic carbocycles. The lowest BCUT2D eigenvalue weighted by Crippen LogP contribution is -2.49. The van der Waals surface area contributed by atoms with Gasteiger partial charge >= 0.3 is 0 Å². The largest absolute Gasteiger partial charge is 0.399 e. The second-order valence-electron chi connectivity index (χ2n) is 4.70. The van der Waals surface area contributed by atoms with E-state index in [0.717, 1.165) is 23.7 Å². The third-order valence-corrected chi connectivity index (χ3v) is 3.91. The summed E-state index contributed by atoms with van der Waals surface area (Å²) in [6.45, 7) is 0.550. The Morgan fingerprint density at radius 3 is 2.72 bits per heavy atom. The van der Waals surface area contributed by atoms with Crippen molar-refractivity contribution in [3.05, 3.63) is 28.2 Å². The van der Waals surface area contributed by atoms with Gasteiger partial charge in [-0.1, -0.05) is 15.9 Å². The van der Waals surface area contributed by atoms with E-state index in [-0.39, 0.29) is 11.5 Å². The molecule has 4 nitrogen and oxygen atoms in total. The van der Waals surface area contributed by atoms with Gasteiger partial charge in [-0.3, -0.25) is 4.79 Å². The highest BCUT2D eigenvalue weighted by atomic mass is 79.9. The van der Waals surface area contributed by atoms with Gasteiger partial charge in [-0.15, -0.1) is 0 Å². The van der Waals surface area contributed by atoms with Crippen LogP contribution in [0.2, 0.25) is 0 Å². The average Bonchev–Trinajstić information content (AvgIpc) is 2.26. The maximum atomic E-state index is 12.0. The third-order valence-electron chi connectivity index (χ3n) is 3.45. The quantitative estimate of drug-likeness (QED) is 0.839. The molecule has 0 bridgehead atoms. The van der Waals surface area contributed by atoms with Gasteiger partial charge in [0, 0.05) is 29.4 Å². The van der Waals surface area contributed by atoms with Crippen LogP contribution in [-0.4, -0.2) is 25.2 Å². The molecule has 1 saturated carbocycles. The number of nitrogens with two attached hydrogens (primary N) is 1. The van der Waals surface area contributed by atoms with E-state index < -0.39 is 0 Å². The highest BCUT2D eigenvalue weighted by Crippen LogP contribution is 2.34. The van der Waals surface area contributed by atoms with Crippen molar-refractivity contribution >= 4 is 27.5 Å². The van der Waals surface area contributed by atoms with Gasteiger partial charge < -0.3 is 15.8 Å². The number of methoxy groups -OCH3 is 1. The van der Waals surface area contributed by atoms with Crippen molar-refractivity contribution in [1.29, 1.82) is 0 Å². The van der Waals surface area contributed by atoms with Crippen LogP contribution in [-0.2, 0) is 4.74 Å². The Labute approximate surface area is 115 Å². The van der Waals surface area contributed by atoms with Gasteiger partial charge in [0.1, 0.15) is 0 Å². The van der Waals surface area contributed by atoms with E-state index in [1.165, 1.54) is 0 Å². The zero-order valence-corrected chi connectivity index (χ0v) is 11.9. The average molecular weight is 313 g/mol. The molecule has 0 aromatic heterocycles. The normalized spacial score (nSPS) is 17.0. The van der Waals surface area contributed by atoms with E-state index in [1.54, 1.807) is 25.3 Å². The minimum Gasteiger partial charge on any atom is -0.399 e. The number of rotatable bonds is 4. The Hall–Kier alpha value is -1.07. The SMILES string of the molecule is COC1(CNC(=O)c2cc(N)cc(Br)c2)CCC1. The molecular weight excluding hydrogens is 296 g/mol. The summed E-state index contributed by atoms with van der Waals surface area (Å²) in [6.07, 6.45) is 3.17. The maximum absolute atomic E-state index is 12.0. The fourth-order valence-electron chi connectivity index (χ4n) is 2.11. The van der Waals surface area contributed by atoms with E-state index >= 15 is 0 Å². The van der Waals surface area contributed by atoms with Crippen molar-refractivity contribution < 1.29 is 9.53 Å². The summed E-state index contributed by atoms with van der Waals surface area (Å²) in [5.41, 5.74) is 6.68. The van der Waals surface area contributed by atoms with Crippen molar-refractivity contribution in [3.63, 3.8) is 0 Å². The molecule has 18 heavy (non-hydrogen) atoms. The summed E-state index contributed by atoms with van der Waals surface area (Å²) in [7, 11) is 1.70. The highest BCUT2D eigenvalue weighted by Gasteiger charge is 2.37. The standard InChI is InChI=1S/C13H17BrN2O2/c1-18-13(3-2-4-13)8-16-12(17)9-5-10(14)7-11(15)6-9/h5-7H,2-4,8,15H2,1H3,(H,16,17). The monoisotopic (exact) mass is 312 g/mol. The van der Waals surface area contributed by atoms with E-state index in [2.05, 4.69) is 21.2 Å². The van der Waals surface area contributed by atoms with E-state index in [4.69, 9.17) is 10.5 Å². The van der Waals surface area contributed by atoms with Gasteiger partial charge in [-0.2, -0.15) is 0 Å². The predicted molar refractivity (Wildman–Crippen MR) is 74.5 cm³/mol. The summed E-state index contributed by atoms with van der Waals surface area (Å²) in [5.74, 6) is -0.119. The van der Waals surface area contributed by atoms with Crippen LogP contribution in [0.15, 0.2) is 22.7 Å². The van der Waals surface area contributed by atoms with Crippen LogP contribution in [0.1, 0.15) is 29.6 Å². The molecule has 1 fully saturated rings. The molecule has 0 atom stereocenters. The molecule has 0 unspecified atom stereocenters. The molecule has 1 amide bonds. The van der Waals surface area contributed by atoms with Crippen LogP contribution in [0.5, 0.6) is 0 Å². The highest BCUT2D eigenvalue weighted by molar-refractivity contribution is 9.10. The predicted octanol–water partition coefficient (Wildman–Crippen LogP) is 2.33. The number of hydrogen-bond acceptors (Lipinski definition) is 3. The fourth-order valence-corrected chi connectivity index (χ4v) is 2.62. The Balaban J connectivity index is 1.99. The summed E-state index contributed by atoms with van der Waals surface area (Å²) >= 11 is 3.33. The molecule has 1 aromatic carbocycles. The van der Waals surface area contributed by atoms with Gasteiger partial charge in [0.25, 0.3) is 5.91 Å². The van der Waals surface area contributed by atoms with Crippen LogP contribution in [0.4, 0.5) is 5.69 Å². The minimum atomic E-state index is -0.160. The Morgan fingerprint density at radius 2 is 2.22 bits per heavy atom. The second-order valence-corrected chi connectivity index (χ2v) is 5.61. The van der Waals surface area contributed by atoms with Crippen LogP contribution in [0.3, 0.4) is 0 Å². The Morgan fingerprint density at radius 1 is 1.50 bits per heavy atom. The van der Waals surface area contributed by atoms with Gasteiger partial charge in [0.2, 0.25) is 0 Å². The lowest BCUT2D eigenvalue weighted by Gasteiger charge is -2.40. The third kappa shape index (κ3) is 2.84. The number of halogens is 1. The molecule has 0 aliphatic heterocycles. The summed E-state index contributed by atoms with van der Waals surface area (Å²) in [5, 5.41) is 2.91. The van der Waals surface area contributed by atoms with Crippen molar-refractivity contribution in [1.82, 2.24) is 5.32 Å². The van der Waals surface area contributed by atoms with Crippen molar-refractivity contribution in [3.8, 4) is 0 Å². The molecular formula is C13H17BrN2O2. The van der Waals surface area contributed by atoms with Crippen molar-refractivity contribution in [2.24, 2.45) is 0 Å². The zero-order valence-electron chi connectivity index (χ0n) is 10.3. The number of anilines is 1. The van der Waals surface area contributed by atoms with Crippen LogP contribution < -0.4 is 11.1 Å². The van der Waals surface area contributed by atoms with Gasteiger partial charge in [0.15, 0.2) is 0 Å². The van der Waals surface area contributed by atoms with Crippen LogP contribution in [0, 0.1) is 0 Å². The molecule has 1 aliphatic rings. The Kier molecular flexibility index (Phi) is 3.92. The molecule has 0 radical (unpaired) electrons. The number of carbonyl (C=O) groups is 1. The molecule has 3 N–H and O–H groups in total. The molecule has 0 spiro atoms. The first-order valence-corrected chi connectivity index (χ1v) is 6.73. The molecule has 0 heterocycles.